The summed E-state index contributed by atoms with van der Waals surface area (Å²) in [6, 6.07) is 0. The first kappa shape index (κ1) is 52.0. The van der Waals surface area contributed by atoms with Crippen LogP contribution in [-0.4, -0.2) is 54.9 Å². The van der Waals surface area contributed by atoms with E-state index < -0.39 is 0 Å². The van der Waals surface area contributed by atoms with Crippen LogP contribution in [0.15, 0.2) is 12.3 Å². The maximum absolute atomic E-state index is 12.6. The Morgan fingerprint density at radius 1 is 0.529 bits per heavy atom. The second-order valence-electron chi connectivity index (χ2n) is 15.4. The van der Waals surface area contributed by atoms with E-state index in [0.29, 0.717) is 6.42 Å². The molecule has 0 aromatic rings. The number of aliphatic hydroxyl groups excluding tert-OH is 1. The molecular weight excluding hydrogens is 631 g/mol. The first-order valence-corrected chi connectivity index (χ1v) is 22.8. The van der Waals surface area contributed by atoms with Gasteiger partial charge in [-0.3, -0.25) is 4.79 Å². The topological polar surface area (TPSA) is 59.0 Å². The maximum atomic E-state index is 12.6. The third kappa shape index (κ3) is 45.0. The van der Waals surface area contributed by atoms with Crippen molar-refractivity contribution in [1.29, 1.82) is 0 Å². The van der Waals surface area contributed by atoms with E-state index in [0.717, 1.165) is 89.8 Å². The molecule has 0 saturated heterocycles. The Kier molecular flexibility index (Phi) is 46.0. The number of carbonyl (C=O) groups is 1. The van der Waals surface area contributed by atoms with E-state index >= 15 is 0 Å². The molecule has 5 nitrogen and oxygen atoms in total. The fourth-order valence-electron chi connectivity index (χ4n) is 6.67. The quantitative estimate of drug-likeness (QED) is 0.0387. The highest BCUT2D eigenvalue weighted by Gasteiger charge is 2.14. The third-order valence-corrected chi connectivity index (χ3v) is 10.0. The summed E-state index contributed by atoms with van der Waals surface area (Å²) in [4.78, 5) is 15.0. The maximum Gasteiger partial charge on any atom is 0.306 e. The van der Waals surface area contributed by atoms with Crippen molar-refractivity contribution >= 4 is 5.97 Å². The Labute approximate surface area is 320 Å². The van der Waals surface area contributed by atoms with Crippen LogP contribution in [0.25, 0.3) is 0 Å². The molecule has 0 amide bonds. The van der Waals surface area contributed by atoms with E-state index in [4.69, 9.17) is 9.47 Å². The second kappa shape index (κ2) is 45.1. The molecule has 51 heavy (non-hydrogen) atoms. The molecule has 0 aliphatic heterocycles. The number of esters is 1. The highest BCUT2D eigenvalue weighted by molar-refractivity contribution is 5.69. The summed E-state index contributed by atoms with van der Waals surface area (Å²) in [5.74, 6) is 0.805. The van der Waals surface area contributed by atoms with E-state index in [1.165, 1.54) is 141 Å². The first-order chi connectivity index (χ1) is 24.9. The average molecular weight is 724 g/mol. The van der Waals surface area contributed by atoms with Crippen LogP contribution in [-0.2, 0) is 14.3 Å². The summed E-state index contributed by atoms with van der Waals surface area (Å²) in [6.45, 7) is 18.5. The van der Waals surface area contributed by atoms with Crippen LogP contribution >= 0.6 is 0 Å². The Morgan fingerprint density at radius 3 is 1.31 bits per heavy atom. The van der Waals surface area contributed by atoms with Crippen molar-refractivity contribution in [1.82, 2.24) is 4.90 Å². The molecule has 0 heterocycles. The Morgan fingerprint density at radius 2 is 0.902 bits per heavy atom. The van der Waals surface area contributed by atoms with Crippen molar-refractivity contribution in [2.24, 2.45) is 0 Å². The fourth-order valence-corrected chi connectivity index (χ4v) is 6.67. The smallest absolute Gasteiger partial charge is 0.306 e. The van der Waals surface area contributed by atoms with Crippen molar-refractivity contribution in [3.05, 3.63) is 12.3 Å². The minimum atomic E-state index is 0.0183. The molecule has 0 fully saturated rings. The summed E-state index contributed by atoms with van der Waals surface area (Å²) in [5, 5.41) is 9.39. The van der Waals surface area contributed by atoms with Crippen molar-refractivity contribution in [2.75, 3.05) is 32.8 Å². The number of allylic oxidation sites excluding steroid dienone is 1. The Hall–Kier alpha value is -1.07. The predicted octanol–water partition coefficient (Wildman–Crippen LogP) is 14.3. The zero-order valence-corrected chi connectivity index (χ0v) is 35.6. The van der Waals surface area contributed by atoms with Gasteiger partial charge in [0, 0.05) is 13.0 Å². The number of carbonyl (C=O) groups excluding carboxylic acids is 1. The van der Waals surface area contributed by atoms with Crippen molar-refractivity contribution < 1.29 is 19.4 Å². The molecule has 0 spiro atoms. The molecule has 1 N–H and O–H groups in total. The van der Waals surface area contributed by atoms with Gasteiger partial charge in [-0.15, -0.1) is 0 Å². The first-order valence-electron chi connectivity index (χ1n) is 22.8. The highest BCUT2D eigenvalue weighted by atomic mass is 16.5. The number of rotatable bonds is 40. The molecule has 0 aromatic heterocycles. The monoisotopic (exact) mass is 724 g/mol. The largest absolute Gasteiger partial charge is 0.499 e. The Balaban J connectivity index is 0. The van der Waals surface area contributed by atoms with Gasteiger partial charge in [-0.05, 0) is 77.8 Å². The molecule has 306 valence electrons. The van der Waals surface area contributed by atoms with Crippen LogP contribution < -0.4 is 0 Å². The van der Waals surface area contributed by atoms with E-state index in [1.54, 1.807) is 0 Å². The van der Waals surface area contributed by atoms with Crippen LogP contribution in [0.2, 0.25) is 0 Å². The zero-order valence-electron chi connectivity index (χ0n) is 35.6. The van der Waals surface area contributed by atoms with Crippen molar-refractivity contribution in [3.8, 4) is 0 Å². The summed E-state index contributed by atoms with van der Waals surface area (Å²) >= 11 is 0. The molecule has 0 bridgehead atoms. The van der Waals surface area contributed by atoms with Gasteiger partial charge in [0.2, 0.25) is 0 Å². The van der Waals surface area contributed by atoms with Gasteiger partial charge in [0.25, 0.3) is 0 Å². The summed E-state index contributed by atoms with van der Waals surface area (Å²) in [7, 11) is 0. The molecule has 0 aliphatic carbocycles. The third-order valence-electron chi connectivity index (χ3n) is 10.0. The minimum Gasteiger partial charge on any atom is -0.499 e. The highest BCUT2D eigenvalue weighted by Crippen LogP contribution is 2.18. The molecule has 0 aliphatic rings. The molecule has 0 rings (SSSR count). The SMILES string of the molecule is C=C(C)OCCCCCN(CCO)CCCCCCCC(=O)OC(CCCCCCCC)CCCCCCCC.CCCCCCCCCCC. The predicted molar refractivity (Wildman–Crippen MR) is 225 cm³/mol. The van der Waals surface area contributed by atoms with Gasteiger partial charge >= 0.3 is 5.97 Å². The summed E-state index contributed by atoms with van der Waals surface area (Å²) < 4.78 is 11.4. The van der Waals surface area contributed by atoms with Gasteiger partial charge < -0.3 is 19.5 Å². The molecule has 0 unspecified atom stereocenters. The molecule has 0 saturated carbocycles. The Bertz CT molecular complexity index is 660. The van der Waals surface area contributed by atoms with Gasteiger partial charge in [-0.1, -0.05) is 176 Å². The number of hydrogen-bond donors (Lipinski definition) is 1. The number of hydrogen-bond acceptors (Lipinski definition) is 5. The molecule has 0 radical (unpaired) electrons. The lowest BCUT2D eigenvalue weighted by atomic mass is 10.0. The molecule has 5 heteroatoms. The fraction of sp³-hybridized carbons (Fsp3) is 0.935. The number of aliphatic hydroxyl groups is 1. The number of unbranched alkanes of at least 4 members (excludes halogenated alkanes) is 24. The minimum absolute atomic E-state index is 0.0183. The average Bonchev–Trinajstić information content (AvgIpc) is 3.11. The second-order valence-corrected chi connectivity index (χ2v) is 15.4. The van der Waals surface area contributed by atoms with Crippen LogP contribution in [0, 0.1) is 0 Å². The zero-order chi connectivity index (χ0) is 37.9. The lowest BCUT2D eigenvalue weighted by molar-refractivity contribution is -0.150. The van der Waals surface area contributed by atoms with Gasteiger partial charge in [0.05, 0.1) is 19.0 Å². The van der Waals surface area contributed by atoms with Gasteiger partial charge in [-0.2, -0.15) is 0 Å². The van der Waals surface area contributed by atoms with Crippen LogP contribution in [0.3, 0.4) is 0 Å². The van der Waals surface area contributed by atoms with E-state index in [9.17, 15) is 9.90 Å². The summed E-state index contributed by atoms with van der Waals surface area (Å²) in [6.07, 6.45) is 40.1. The molecular formula is C46H93NO4. The standard InChI is InChI=1S/C35H69NO4.C11H24/c1-5-7-9-11-14-19-25-34(26-20-15-12-10-8-6-2)40-35(38)27-21-16-13-17-22-28-36(30-31-37)29-23-18-24-32-39-33(3)4;1-3-5-7-9-11-10-8-6-4-2/h34,37H,3,5-32H2,1-2,4H3;3-11H2,1-2H3. The number of ether oxygens (including phenoxy) is 2. The molecule has 0 atom stereocenters. The lowest BCUT2D eigenvalue weighted by Gasteiger charge is -2.21. The summed E-state index contributed by atoms with van der Waals surface area (Å²) in [5.41, 5.74) is 0. The van der Waals surface area contributed by atoms with Crippen LogP contribution in [0.5, 0.6) is 0 Å². The van der Waals surface area contributed by atoms with Gasteiger partial charge in [0.15, 0.2) is 0 Å². The molecule has 0 aromatic carbocycles. The van der Waals surface area contributed by atoms with E-state index in [-0.39, 0.29) is 18.7 Å². The normalized spacial score (nSPS) is 11.2. The van der Waals surface area contributed by atoms with E-state index in [2.05, 4.69) is 39.2 Å². The van der Waals surface area contributed by atoms with Crippen molar-refractivity contribution in [3.63, 3.8) is 0 Å². The van der Waals surface area contributed by atoms with E-state index in [1.807, 2.05) is 6.92 Å². The van der Waals surface area contributed by atoms with Gasteiger partial charge in [-0.25, -0.2) is 0 Å². The number of nitrogens with zero attached hydrogens (tertiary/aromatic N) is 1. The van der Waals surface area contributed by atoms with Crippen LogP contribution in [0.4, 0.5) is 0 Å². The lowest BCUT2D eigenvalue weighted by Crippen LogP contribution is -2.29. The van der Waals surface area contributed by atoms with Crippen LogP contribution in [0.1, 0.15) is 240 Å². The van der Waals surface area contributed by atoms with Crippen molar-refractivity contribution in [2.45, 2.75) is 246 Å². The van der Waals surface area contributed by atoms with Gasteiger partial charge in [0.1, 0.15) is 6.10 Å².